The number of hydrogen-bond acceptors (Lipinski definition) is 4. The van der Waals surface area contributed by atoms with Gasteiger partial charge in [0.05, 0.1) is 6.04 Å². The lowest BCUT2D eigenvalue weighted by atomic mass is 9.69. The van der Waals surface area contributed by atoms with Crippen molar-refractivity contribution in [2.45, 2.75) is 77.4 Å². The minimum absolute atomic E-state index is 0.0118. The van der Waals surface area contributed by atoms with Crippen molar-refractivity contribution < 1.29 is 9.59 Å². The Morgan fingerprint density at radius 2 is 1.83 bits per heavy atom. The van der Waals surface area contributed by atoms with Gasteiger partial charge in [-0.1, -0.05) is 56.6 Å². The lowest BCUT2D eigenvalue weighted by molar-refractivity contribution is -0.134. The number of rotatable bonds is 8. The van der Waals surface area contributed by atoms with Crippen molar-refractivity contribution in [1.82, 2.24) is 25.6 Å². The van der Waals surface area contributed by atoms with Crippen molar-refractivity contribution in [2.75, 3.05) is 6.54 Å². The van der Waals surface area contributed by atoms with Crippen LogP contribution in [-0.4, -0.2) is 50.0 Å². The van der Waals surface area contributed by atoms with E-state index < -0.39 is 5.66 Å². The van der Waals surface area contributed by atoms with Crippen LogP contribution in [0.4, 0.5) is 0 Å². The maximum absolute atomic E-state index is 14.4. The average Bonchev–Trinajstić information content (AvgIpc) is 3.72. The third kappa shape index (κ3) is 5.59. The number of H-pyrrole nitrogens is 2. The quantitative estimate of drug-likeness (QED) is 0.303. The summed E-state index contributed by atoms with van der Waals surface area (Å²) < 4.78 is 0. The molecule has 3 N–H and O–H groups in total. The van der Waals surface area contributed by atoms with Gasteiger partial charge in [-0.15, -0.1) is 5.10 Å². The summed E-state index contributed by atoms with van der Waals surface area (Å²) in [7, 11) is 0. The molecule has 0 saturated heterocycles. The number of hydrogen-bond donors (Lipinski definition) is 3. The number of aliphatic imine (C=N–C) groups is 1. The monoisotopic (exact) mass is 574 g/mol. The van der Waals surface area contributed by atoms with Crippen LogP contribution in [-0.2, 0) is 11.2 Å². The first-order chi connectivity index (χ1) is 19.6. The number of carbonyl (C=O) groups is 2. The summed E-state index contributed by atoms with van der Waals surface area (Å²) >= 11 is 6.35. The van der Waals surface area contributed by atoms with E-state index in [0.29, 0.717) is 41.1 Å². The van der Waals surface area contributed by atoms with E-state index in [4.69, 9.17) is 16.6 Å². The van der Waals surface area contributed by atoms with Gasteiger partial charge in [-0.05, 0) is 85.6 Å². The second-order valence-electron chi connectivity index (χ2n) is 13.0. The van der Waals surface area contributed by atoms with Crippen molar-refractivity contribution in [1.29, 1.82) is 0 Å². The molecule has 41 heavy (non-hydrogen) atoms. The molecule has 2 aromatic carbocycles. The standard InChI is InChI=1S/C32H39ClN6O2/c1-31(2,3)24-13-16-32(17-14-24)35-27(23-5-4-6-25(33)19-23)30(41)39(32)28(20-7-8-20)21-9-11-22(12-10-21)29(40)34-18-15-26-36-38-37-26/h4-6,9-12,19-20,24,28,38H,7-8,13-18H2,1-3H3,(H,34,40)(H,36,37)/t24?,28-,32?/m1/s1. The van der Waals surface area contributed by atoms with Crippen LogP contribution in [0.15, 0.2) is 53.5 Å². The molecule has 0 bridgehead atoms. The second-order valence-corrected chi connectivity index (χ2v) is 13.4. The van der Waals surface area contributed by atoms with Crippen LogP contribution in [0.5, 0.6) is 0 Å². The molecule has 8 nitrogen and oxygen atoms in total. The molecular formula is C32H39ClN6O2. The van der Waals surface area contributed by atoms with Crippen LogP contribution < -0.4 is 5.32 Å². The third-order valence-corrected chi connectivity index (χ3v) is 9.43. The molecule has 1 spiro atoms. The zero-order valence-corrected chi connectivity index (χ0v) is 24.8. The van der Waals surface area contributed by atoms with Crippen LogP contribution in [0.2, 0.25) is 5.02 Å². The number of nitrogens with zero attached hydrogens (tertiary/aromatic N) is 3. The Kier molecular flexibility index (Phi) is 7.30. The van der Waals surface area contributed by atoms with Gasteiger partial charge in [-0.2, -0.15) is 0 Å². The number of aromatic amines is 2. The molecule has 6 rings (SSSR count). The Morgan fingerprint density at radius 1 is 1.12 bits per heavy atom. The van der Waals surface area contributed by atoms with Crippen LogP contribution in [0.3, 0.4) is 0 Å². The normalized spacial score (nSPS) is 23.6. The van der Waals surface area contributed by atoms with E-state index in [1.807, 2.05) is 48.5 Å². The highest BCUT2D eigenvalue weighted by Gasteiger charge is 2.55. The smallest absolute Gasteiger partial charge is 0.275 e. The van der Waals surface area contributed by atoms with E-state index in [1.54, 1.807) is 0 Å². The zero-order valence-electron chi connectivity index (χ0n) is 24.0. The van der Waals surface area contributed by atoms with Crippen molar-refractivity contribution in [3.05, 3.63) is 76.1 Å². The summed E-state index contributed by atoms with van der Waals surface area (Å²) in [6, 6.07) is 15.2. The van der Waals surface area contributed by atoms with E-state index in [9.17, 15) is 9.59 Å². The summed E-state index contributed by atoms with van der Waals surface area (Å²) in [6.07, 6.45) is 6.58. The lowest BCUT2D eigenvalue weighted by Crippen LogP contribution is -2.52. The lowest BCUT2D eigenvalue weighted by Gasteiger charge is -2.47. The zero-order chi connectivity index (χ0) is 28.8. The highest BCUT2D eigenvalue weighted by Crippen LogP contribution is 2.54. The van der Waals surface area contributed by atoms with Crippen LogP contribution >= 0.6 is 11.6 Å². The van der Waals surface area contributed by atoms with Crippen LogP contribution in [0.25, 0.3) is 0 Å². The molecule has 0 unspecified atom stereocenters. The van der Waals surface area contributed by atoms with Gasteiger partial charge in [0.15, 0.2) is 0 Å². The molecule has 0 radical (unpaired) electrons. The van der Waals surface area contributed by atoms with Gasteiger partial charge in [-0.25, -0.2) is 5.21 Å². The maximum atomic E-state index is 14.4. The molecule has 1 aromatic heterocycles. The molecule has 2 saturated carbocycles. The fraction of sp³-hybridized carbons (Fsp3) is 0.500. The first-order valence-corrected chi connectivity index (χ1v) is 15.2. The van der Waals surface area contributed by atoms with Crippen molar-refractivity contribution in [2.24, 2.45) is 22.2 Å². The summed E-state index contributed by atoms with van der Waals surface area (Å²) in [6.45, 7) is 7.44. The first-order valence-electron chi connectivity index (χ1n) is 14.8. The van der Waals surface area contributed by atoms with Gasteiger partial charge in [0.1, 0.15) is 17.2 Å². The Morgan fingerprint density at radius 3 is 2.41 bits per heavy atom. The molecule has 2 amide bonds. The number of nitrogens with one attached hydrogen (secondary N) is 3. The van der Waals surface area contributed by atoms with E-state index in [0.717, 1.165) is 55.5 Å². The second kappa shape index (κ2) is 10.8. The number of aromatic nitrogens is 3. The Labute approximate surface area is 246 Å². The molecule has 3 aliphatic rings. The summed E-state index contributed by atoms with van der Waals surface area (Å²) in [5.74, 6) is 1.67. The minimum atomic E-state index is -0.563. The van der Waals surface area contributed by atoms with E-state index in [-0.39, 0.29) is 23.3 Å². The predicted octanol–water partition coefficient (Wildman–Crippen LogP) is 6.08. The Bertz CT molecular complexity index is 1430. The highest BCUT2D eigenvalue weighted by molar-refractivity contribution is 6.47. The average molecular weight is 575 g/mol. The maximum Gasteiger partial charge on any atom is 0.275 e. The summed E-state index contributed by atoms with van der Waals surface area (Å²) in [5, 5.41) is 13.0. The first kappa shape index (κ1) is 27.8. The van der Waals surface area contributed by atoms with E-state index in [2.05, 4.69) is 46.4 Å². The fourth-order valence-corrected chi connectivity index (χ4v) is 6.84. The van der Waals surface area contributed by atoms with Crippen molar-refractivity contribution in [3.8, 4) is 0 Å². The van der Waals surface area contributed by atoms with Gasteiger partial charge in [-0.3, -0.25) is 19.7 Å². The fourth-order valence-electron chi connectivity index (χ4n) is 6.65. The van der Waals surface area contributed by atoms with Crippen molar-refractivity contribution in [3.63, 3.8) is 0 Å². The largest absolute Gasteiger partial charge is 0.352 e. The molecule has 216 valence electrons. The number of halogens is 1. The Balaban J connectivity index is 1.29. The third-order valence-electron chi connectivity index (χ3n) is 9.20. The van der Waals surface area contributed by atoms with Gasteiger partial charge in [0, 0.05) is 29.1 Å². The molecule has 2 fully saturated rings. The number of carbonyl (C=O) groups excluding carboxylic acids is 2. The Hall–Kier alpha value is -3.39. The van der Waals surface area contributed by atoms with Gasteiger partial charge in [0.25, 0.3) is 11.8 Å². The number of amides is 2. The summed E-state index contributed by atoms with van der Waals surface area (Å²) in [5.41, 5.74) is 2.63. The predicted molar refractivity (Wildman–Crippen MR) is 160 cm³/mol. The highest BCUT2D eigenvalue weighted by atomic mass is 35.5. The molecule has 2 heterocycles. The summed E-state index contributed by atoms with van der Waals surface area (Å²) in [4.78, 5) is 34.5. The number of benzene rings is 2. The van der Waals surface area contributed by atoms with Gasteiger partial charge >= 0.3 is 0 Å². The molecule has 2 aliphatic carbocycles. The molecule has 3 aromatic rings. The van der Waals surface area contributed by atoms with Crippen LogP contribution in [0.1, 0.15) is 92.6 Å². The molecular weight excluding hydrogens is 536 g/mol. The van der Waals surface area contributed by atoms with E-state index >= 15 is 0 Å². The topological polar surface area (TPSA) is 106 Å². The molecule has 1 aliphatic heterocycles. The van der Waals surface area contributed by atoms with E-state index in [1.165, 1.54) is 0 Å². The minimum Gasteiger partial charge on any atom is -0.352 e. The van der Waals surface area contributed by atoms with Crippen LogP contribution in [0, 0.1) is 17.3 Å². The SMILES string of the molecule is CC(C)(C)C1CCC2(CC1)N=C(c1cccc(Cl)c1)C(=O)N2[C@@H](c1ccc(C(=O)NCCc2n[nH][nH]2)cc1)C1CC1. The van der Waals surface area contributed by atoms with Gasteiger partial charge < -0.3 is 10.2 Å². The van der Waals surface area contributed by atoms with Crippen molar-refractivity contribution >= 4 is 29.1 Å². The molecule has 1 atom stereocenters. The van der Waals surface area contributed by atoms with Gasteiger partial charge in [0.2, 0.25) is 0 Å². The molecule has 9 heteroatoms.